The SMILES string of the molecule is CC(=O)N[C@H]1[C@H](OC2[C@@H]3CO[C@@H](O3)[C@H](NC(C)=O)[C@H]2O[C@H](C)C(=O)N[C@@H](C)C(=O)N[C@H](CCC(=O)N[C@@H](CCC[C@@H](N)C(=O)O)C(=O)N[C@@H](C)C(=O)O)C(=O)O)O[C@H](CO)[C@@H](O)[C@@H]1O. The summed E-state index contributed by atoms with van der Waals surface area (Å²) in [6, 6.07) is -9.62. The summed E-state index contributed by atoms with van der Waals surface area (Å²) in [5.41, 5.74) is 5.50. The molecule has 3 fully saturated rings. The van der Waals surface area contributed by atoms with Gasteiger partial charge in [-0.1, -0.05) is 0 Å². The van der Waals surface area contributed by atoms with Crippen LogP contribution in [0.3, 0.4) is 0 Å². The van der Waals surface area contributed by atoms with Crippen molar-refractivity contribution in [3.05, 3.63) is 0 Å². The Morgan fingerprint density at radius 2 is 1.33 bits per heavy atom. The van der Waals surface area contributed by atoms with Gasteiger partial charge in [0.15, 0.2) is 12.6 Å². The first kappa shape index (κ1) is 53.2. The van der Waals surface area contributed by atoms with Crippen LogP contribution < -0.4 is 37.6 Å². The lowest BCUT2D eigenvalue weighted by molar-refractivity contribution is -0.313. The number of carbonyl (C=O) groups is 9. The van der Waals surface area contributed by atoms with Crippen LogP contribution in [0.25, 0.3) is 0 Å². The van der Waals surface area contributed by atoms with Crippen molar-refractivity contribution in [2.24, 2.45) is 5.73 Å². The monoisotopic (exact) mass is 921 g/mol. The summed E-state index contributed by atoms with van der Waals surface area (Å²) in [7, 11) is 0. The number of aliphatic hydroxyl groups excluding tert-OH is 3. The van der Waals surface area contributed by atoms with Crippen molar-refractivity contribution in [2.75, 3.05) is 13.2 Å². The molecule has 14 N–H and O–H groups in total. The zero-order valence-corrected chi connectivity index (χ0v) is 35.7. The van der Waals surface area contributed by atoms with Crippen molar-refractivity contribution in [3.63, 3.8) is 0 Å². The third-order valence-electron chi connectivity index (χ3n) is 10.4. The average molecular weight is 922 g/mol. The topological polar surface area (TPSA) is 419 Å². The number of hydrogen-bond acceptors (Lipinski definition) is 18. The van der Waals surface area contributed by atoms with Crippen molar-refractivity contribution in [3.8, 4) is 0 Å². The van der Waals surface area contributed by atoms with E-state index in [4.69, 9.17) is 39.6 Å². The van der Waals surface area contributed by atoms with Crippen LogP contribution >= 0.6 is 0 Å². The Kier molecular flexibility index (Phi) is 20.2. The summed E-state index contributed by atoms with van der Waals surface area (Å²) in [5, 5.41) is 73.3. The first-order valence-corrected chi connectivity index (χ1v) is 20.3. The van der Waals surface area contributed by atoms with Gasteiger partial charge in [-0.2, -0.15) is 0 Å². The van der Waals surface area contributed by atoms with Gasteiger partial charge in [-0.05, 0) is 46.5 Å². The minimum atomic E-state index is -1.69. The number of carbonyl (C=O) groups excluding carboxylic acids is 6. The van der Waals surface area contributed by atoms with Crippen LogP contribution in [0, 0.1) is 0 Å². The minimum Gasteiger partial charge on any atom is -0.480 e. The molecule has 1 unspecified atom stereocenters. The molecule has 3 aliphatic heterocycles. The molecular weight excluding hydrogens is 862 g/mol. The van der Waals surface area contributed by atoms with Gasteiger partial charge in [0.1, 0.15) is 85.0 Å². The number of nitrogens with one attached hydrogen (secondary N) is 6. The van der Waals surface area contributed by atoms with Crippen LogP contribution in [-0.2, 0) is 66.8 Å². The highest BCUT2D eigenvalue weighted by atomic mass is 16.8. The minimum absolute atomic E-state index is 0.0293. The average Bonchev–Trinajstić information content (AvgIpc) is 3.66. The van der Waals surface area contributed by atoms with Gasteiger partial charge in [-0.3, -0.25) is 38.4 Å². The molecule has 0 spiro atoms. The Bertz CT molecular complexity index is 1710. The van der Waals surface area contributed by atoms with Gasteiger partial charge >= 0.3 is 17.9 Å². The number of nitrogens with two attached hydrogens (primary N) is 1. The first-order chi connectivity index (χ1) is 29.9. The lowest BCUT2D eigenvalue weighted by Crippen LogP contribution is -2.68. The van der Waals surface area contributed by atoms with E-state index in [1.165, 1.54) is 27.7 Å². The second kappa shape index (κ2) is 24.2. The maximum absolute atomic E-state index is 13.5. The van der Waals surface area contributed by atoms with Crippen LogP contribution in [0.5, 0.6) is 0 Å². The molecule has 0 aromatic heterocycles. The predicted molar refractivity (Wildman–Crippen MR) is 210 cm³/mol. The molecule has 27 nitrogen and oxygen atoms in total. The zero-order valence-electron chi connectivity index (χ0n) is 35.7. The normalized spacial score (nSPS) is 29.0. The van der Waals surface area contributed by atoms with E-state index in [2.05, 4.69) is 31.9 Å². The molecule has 0 aliphatic carbocycles. The van der Waals surface area contributed by atoms with Crippen molar-refractivity contribution in [2.45, 2.75) is 164 Å². The summed E-state index contributed by atoms with van der Waals surface area (Å²) in [6.45, 7) is 5.13. The van der Waals surface area contributed by atoms with E-state index in [1.54, 1.807) is 0 Å². The standard InChI is InChI=1S/C37H59N7O20/c1-13(30(51)44-20(35(58)59)9-10-23(48)43-19(8-6-7-18(38)34(56)57)32(53)40-14(2)33(54)55)39-31(52)15(3)61-29-25(42-17(5)47)36-60-12-22(63-36)28(29)64-37-24(41-16(4)46)27(50)26(49)21(11-45)62-37/h13-15,18-22,24-29,36-37,45,49-50H,6-12,38H2,1-5H3,(H,39,52)(H,40,53)(H,41,46)(H,42,47)(H,43,48)(H,44,51)(H,54,55)(H,56,57)(H,58,59)/t13-,14-,15+,18+,19-,20+,21+,22-,24+,25+,26+,27+,28?,29+,36-,37-/m0/s1. The van der Waals surface area contributed by atoms with Crippen molar-refractivity contribution >= 4 is 53.4 Å². The molecule has 0 radical (unpaired) electrons. The van der Waals surface area contributed by atoms with Crippen LogP contribution in [-0.4, -0.2) is 195 Å². The summed E-state index contributed by atoms with van der Waals surface area (Å²) in [4.78, 5) is 111. The van der Waals surface area contributed by atoms with E-state index in [9.17, 15) is 63.6 Å². The second-order valence-corrected chi connectivity index (χ2v) is 15.6. The number of carboxylic acids is 3. The van der Waals surface area contributed by atoms with Gasteiger partial charge in [-0.15, -0.1) is 0 Å². The quantitative estimate of drug-likeness (QED) is 0.0428. The van der Waals surface area contributed by atoms with Gasteiger partial charge in [-0.25, -0.2) is 4.79 Å². The van der Waals surface area contributed by atoms with E-state index in [0.29, 0.717) is 0 Å². The van der Waals surface area contributed by atoms with Gasteiger partial charge < -0.3 is 92.0 Å². The number of fused-ring (bicyclic) bond motifs is 2. The largest absolute Gasteiger partial charge is 0.480 e. The highest BCUT2D eigenvalue weighted by molar-refractivity contribution is 5.92. The molecule has 3 aliphatic rings. The number of aliphatic carboxylic acids is 3. The van der Waals surface area contributed by atoms with Gasteiger partial charge in [0.05, 0.1) is 13.2 Å². The van der Waals surface area contributed by atoms with Gasteiger partial charge in [0, 0.05) is 20.3 Å². The molecule has 3 rings (SSSR count). The van der Waals surface area contributed by atoms with Crippen molar-refractivity contribution in [1.29, 1.82) is 0 Å². The maximum atomic E-state index is 13.5. The third kappa shape index (κ3) is 15.0. The number of ether oxygens (including phenoxy) is 5. The summed E-state index contributed by atoms with van der Waals surface area (Å²) in [5.74, 6) is -9.14. The second-order valence-electron chi connectivity index (χ2n) is 15.6. The fraction of sp³-hybridized carbons (Fsp3) is 0.757. The number of hydrogen-bond donors (Lipinski definition) is 13. The number of aliphatic hydroxyl groups is 3. The maximum Gasteiger partial charge on any atom is 0.326 e. The summed E-state index contributed by atoms with van der Waals surface area (Å²) in [6.07, 6.45) is -13.6. The Hall–Kier alpha value is -5.13. The predicted octanol–water partition coefficient (Wildman–Crippen LogP) is -6.14. The van der Waals surface area contributed by atoms with E-state index in [-0.39, 0.29) is 25.9 Å². The van der Waals surface area contributed by atoms with Gasteiger partial charge in [0.2, 0.25) is 35.4 Å². The lowest BCUT2D eigenvalue weighted by atomic mass is 9.95. The van der Waals surface area contributed by atoms with Crippen LogP contribution in [0.15, 0.2) is 0 Å². The fourth-order valence-electron chi connectivity index (χ4n) is 6.93. The summed E-state index contributed by atoms with van der Waals surface area (Å²) < 4.78 is 29.6. The molecule has 0 aromatic rings. The first-order valence-electron chi connectivity index (χ1n) is 20.3. The molecule has 0 aromatic carbocycles. The molecule has 3 saturated heterocycles. The van der Waals surface area contributed by atoms with Crippen molar-refractivity contribution < 1.29 is 97.5 Å². The molecule has 6 amide bonds. The smallest absolute Gasteiger partial charge is 0.326 e. The molecule has 16 atom stereocenters. The highest BCUT2D eigenvalue weighted by Gasteiger charge is 2.56. The van der Waals surface area contributed by atoms with Crippen LogP contribution in [0.2, 0.25) is 0 Å². The zero-order chi connectivity index (χ0) is 48.2. The van der Waals surface area contributed by atoms with E-state index in [1.807, 2.05) is 0 Å². The number of rotatable bonds is 24. The Morgan fingerprint density at radius 3 is 1.91 bits per heavy atom. The molecule has 0 saturated carbocycles. The van der Waals surface area contributed by atoms with E-state index >= 15 is 0 Å². The van der Waals surface area contributed by atoms with E-state index in [0.717, 1.165) is 6.92 Å². The van der Waals surface area contributed by atoms with Crippen LogP contribution in [0.1, 0.15) is 66.7 Å². The molecule has 2 bridgehead atoms. The Labute approximate surface area is 365 Å². The Balaban J connectivity index is 1.69. The number of carboxylic acid groups (broad SMARTS) is 3. The van der Waals surface area contributed by atoms with E-state index < -0.39 is 170 Å². The van der Waals surface area contributed by atoms with Gasteiger partial charge in [0.25, 0.3) is 0 Å². The molecular formula is C37H59N7O20. The molecule has 3 heterocycles. The third-order valence-corrected chi connectivity index (χ3v) is 10.4. The molecule has 64 heavy (non-hydrogen) atoms. The molecule has 27 heteroatoms. The number of amides is 6. The lowest BCUT2D eigenvalue weighted by Gasteiger charge is -2.47. The molecule has 362 valence electrons. The highest BCUT2D eigenvalue weighted by Crippen LogP contribution is 2.35. The van der Waals surface area contributed by atoms with Crippen LogP contribution in [0.4, 0.5) is 0 Å². The Morgan fingerprint density at radius 1 is 0.703 bits per heavy atom. The summed E-state index contributed by atoms with van der Waals surface area (Å²) >= 11 is 0. The fourth-order valence-corrected chi connectivity index (χ4v) is 6.93. The van der Waals surface area contributed by atoms with Crippen molar-refractivity contribution in [1.82, 2.24) is 31.9 Å².